The van der Waals surface area contributed by atoms with Crippen molar-refractivity contribution in [1.29, 1.82) is 0 Å². The van der Waals surface area contributed by atoms with Crippen LogP contribution in [0, 0.1) is 5.92 Å². The number of pyridine rings is 1. The third-order valence-corrected chi connectivity index (χ3v) is 4.70. The van der Waals surface area contributed by atoms with Gasteiger partial charge in [-0.25, -0.2) is 0 Å². The molecule has 0 amide bonds. The summed E-state index contributed by atoms with van der Waals surface area (Å²) < 4.78 is 0. The first-order valence-corrected chi connectivity index (χ1v) is 8.41. The maximum Gasteiger partial charge on any atom is 0.252 e. The van der Waals surface area contributed by atoms with Crippen molar-refractivity contribution >= 4 is 10.9 Å². The van der Waals surface area contributed by atoms with Gasteiger partial charge in [-0.1, -0.05) is 18.2 Å². The Hall–Kier alpha value is -1.69. The monoisotopic (exact) mass is 315 g/mol. The summed E-state index contributed by atoms with van der Waals surface area (Å²) in [5.74, 6) is 0.657. The molecule has 1 aliphatic heterocycles. The summed E-state index contributed by atoms with van der Waals surface area (Å²) in [7, 11) is 0. The van der Waals surface area contributed by atoms with Crippen molar-refractivity contribution in [2.75, 3.05) is 32.8 Å². The van der Waals surface area contributed by atoms with Gasteiger partial charge < -0.3 is 20.3 Å². The Morgan fingerprint density at radius 1 is 1.26 bits per heavy atom. The van der Waals surface area contributed by atoms with Gasteiger partial charge in [0.2, 0.25) is 0 Å². The summed E-state index contributed by atoms with van der Waals surface area (Å²) in [5.41, 5.74) is 1.67. The Morgan fingerprint density at radius 2 is 2.04 bits per heavy atom. The van der Waals surface area contributed by atoms with Gasteiger partial charge in [-0.15, -0.1) is 0 Å². The number of benzene rings is 1. The van der Waals surface area contributed by atoms with Crippen molar-refractivity contribution in [2.45, 2.75) is 19.4 Å². The predicted octanol–water partition coefficient (Wildman–Crippen LogP) is 1.32. The van der Waals surface area contributed by atoms with Crippen LogP contribution in [-0.4, -0.2) is 47.8 Å². The Balaban J connectivity index is 1.51. The number of fused-ring (bicyclic) bond motifs is 1. The van der Waals surface area contributed by atoms with Crippen LogP contribution in [0.1, 0.15) is 18.4 Å². The molecule has 0 saturated carbocycles. The number of hydrogen-bond donors (Lipinski definition) is 3. The highest BCUT2D eigenvalue weighted by atomic mass is 16.3. The average molecular weight is 315 g/mol. The molecule has 2 heterocycles. The van der Waals surface area contributed by atoms with Gasteiger partial charge in [0.15, 0.2) is 0 Å². The van der Waals surface area contributed by atoms with E-state index < -0.39 is 0 Å². The molecular formula is C18H25N3O2. The van der Waals surface area contributed by atoms with E-state index in [9.17, 15) is 4.79 Å². The molecule has 1 aromatic heterocycles. The first kappa shape index (κ1) is 16.2. The van der Waals surface area contributed by atoms with E-state index in [1.54, 1.807) is 0 Å². The quantitative estimate of drug-likeness (QED) is 0.752. The van der Waals surface area contributed by atoms with Crippen molar-refractivity contribution < 1.29 is 5.11 Å². The maximum atomic E-state index is 12.1. The van der Waals surface area contributed by atoms with Crippen molar-refractivity contribution in [3.63, 3.8) is 0 Å². The summed E-state index contributed by atoms with van der Waals surface area (Å²) in [4.78, 5) is 17.4. The van der Waals surface area contributed by atoms with Crippen LogP contribution in [0.15, 0.2) is 35.1 Å². The lowest BCUT2D eigenvalue weighted by Gasteiger charge is -2.31. The molecule has 2 aromatic rings. The fraction of sp³-hybridized carbons (Fsp3) is 0.500. The first-order chi connectivity index (χ1) is 11.3. The normalized spacial score (nSPS) is 16.9. The molecule has 3 rings (SSSR count). The molecule has 0 radical (unpaired) electrons. The largest absolute Gasteiger partial charge is 0.395 e. The number of β-amino-alcohol motifs (C(OH)–C–C–N with tert-alkyl or cyclic N) is 1. The molecule has 23 heavy (non-hydrogen) atoms. The van der Waals surface area contributed by atoms with E-state index >= 15 is 0 Å². The molecule has 1 aliphatic rings. The Morgan fingerprint density at radius 3 is 2.83 bits per heavy atom. The van der Waals surface area contributed by atoms with Gasteiger partial charge in [-0.3, -0.25) is 4.79 Å². The number of aromatic amines is 1. The lowest BCUT2D eigenvalue weighted by Crippen LogP contribution is -2.38. The van der Waals surface area contributed by atoms with Crippen LogP contribution in [0.5, 0.6) is 0 Å². The number of para-hydroxylation sites is 1. The summed E-state index contributed by atoms with van der Waals surface area (Å²) in [6, 6.07) is 9.84. The molecule has 0 aliphatic carbocycles. The Kier molecular flexibility index (Phi) is 5.43. The molecule has 1 fully saturated rings. The zero-order valence-corrected chi connectivity index (χ0v) is 13.4. The SMILES string of the molecule is O=c1[nH]c2ccccc2cc1CNCC1CCN(CCO)CC1. The minimum absolute atomic E-state index is 0.00559. The minimum Gasteiger partial charge on any atom is -0.395 e. The third-order valence-electron chi connectivity index (χ3n) is 4.70. The highest BCUT2D eigenvalue weighted by molar-refractivity contribution is 5.78. The molecule has 1 saturated heterocycles. The molecule has 3 N–H and O–H groups in total. The number of aliphatic hydroxyl groups excluding tert-OH is 1. The Labute approximate surface area is 136 Å². The van der Waals surface area contributed by atoms with Crippen LogP contribution in [0.4, 0.5) is 0 Å². The molecule has 0 bridgehead atoms. The van der Waals surface area contributed by atoms with Gasteiger partial charge in [-0.05, 0) is 55.9 Å². The average Bonchev–Trinajstić information content (AvgIpc) is 2.57. The van der Waals surface area contributed by atoms with Crippen molar-refractivity contribution in [1.82, 2.24) is 15.2 Å². The van der Waals surface area contributed by atoms with Crippen molar-refractivity contribution in [3.05, 3.63) is 46.2 Å². The minimum atomic E-state index is -0.00559. The van der Waals surface area contributed by atoms with Crippen molar-refractivity contribution in [3.8, 4) is 0 Å². The van der Waals surface area contributed by atoms with Gasteiger partial charge in [0.25, 0.3) is 5.56 Å². The standard InChI is InChI=1S/C18H25N3O2/c22-10-9-21-7-5-14(6-8-21)12-19-13-16-11-15-3-1-2-4-17(15)20-18(16)23/h1-4,11,14,19,22H,5-10,12-13H2,(H,20,23). The third kappa shape index (κ3) is 4.19. The van der Waals surface area contributed by atoms with E-state index in [1.807, 2.05) is 30.3 Å². The number of hydrogen-bond acceptors (Lipinski definition) is 4. The van der Waals surface area contributed by atoms with Crippen LogP contribution in [0.25, 0.3) is 10.9 Å². The van der Waals surface area contributed by atoms with E-state index in [0.717, 1.165) is 55.5 Å². The number of nitrogens with one attached hydrogen (secondary N) is 2. The number of rotatable bonds is 6. The summed E-state index contributed by atoms with van der Waals surface area (Å²) in [5, 5.41) is 13.5. The second kappa shape index (κ2) is 7.73. The number of nitrogens with zero attached hydrogens (tertiary/aromatic N) is 1. The number of H-pyrrole nitrogens is 1. The van der Waals surface area contributed by atoms with E-state index in [4.69, 9.17) is 5.11 Å². The predicted molar refractivity (Wildman–Crippen MR) is 92.5 cm³/mol. The highest BCUT2D eigenvalue weighted by Crippen LogP contribution is 2.16. The fourth-order valence-electron chi connectivity index (χ4n) is 3.29. The van der Waals surface area contributed by atoms with E-state index in [1.165, 1.54) is 0 Å². The summed E-state index contributed by atoms with van der Waals surface area (Å²) in [6.45, 7) is 4.70. The van der Waals surface area contributed by atoms with Crippen LogP contribution in [0.3, 0.4) is 0 Å². The van der Waals surface area contributed by atoms with Gasteiger partial charge in [-0.2, -0.15) is 0 Å². The van der Waals surface area contributed by atoms with Crippen LogP contribution < -0.4 is 10.9 Å². The molecule has 5 nitrogen and oxygen atoms in total. The molecule has 124 valence electrons. The Bertz CT molecular complexity index is 690. The summed E-state index contributed by atoms with van der Waals surface area (Å²) in [6.07, 6.45) is 2.31. The number of likely N-dealkylation sites (tertiary alicyclic amines) is 1. The zero-order chi connectivity index (χ0) is 16.1. The molecule has 5 heteroatoms. The van der Waals surface area contributed by atoms with E-state index in [-0.39, 0.29) is 12.2 Å². The van der Waals surface area contributed by atoms with Gasteiger partial charge >= 0.3 is 0 Å². The smallest absolute Gasteiger partial charge is 0.252 e. The number of aromatic nitrogens is 1. The topological polar surface area (TPSA) is 68.4 Å². The zero-order valence-electron chi connectivity index (χ0n) is 13.4. The first-order valence-electron chi connectivity index (χ1n) is 8.41. The lowest BCUT2D eigenvalue weighted by atomic mass is 9.97. The second-order valence-electron chi connectivity index (χ2n) is 6.35. The molecular weight excluding hydrogens is 290 g/mol. The van der Waals surface area contributed by atoms with Crippen LogP contribution in [0.2, 0.25) is 0 Å². The van der Waals surface area contributed by atoms with Crippen LogP contribution in [-0.2, 0) is 6.54 Å². The van der Waals surface area contributed by atoms with Gasteiger partial charge in [0.1, 0.15) is 0 Å². The molecule has 1 aromatic carbocycles. The fourth-order valence-corrected chi connectivity index (χ4v) is 3.29. The van der Waals surface area contributed by atoms with E-state index in [0.29, 0.717) is 12.5 Å². The lowest BCUT2D eigenvalue weighted by molar-refractivity contribution is 0.146. The molecule has 0 unspecified atom stereocenters. The van der Waals surface area contributed by atoms with Crippen molar-refractivity contribution in [2.24, 2.45) is 5.92 Å². The molecule has 0 atom stereocenters. The molecule has 0 spiro atoms. The van der Waals surface area contributed by atoms with E-state index in [2.05, 4.69) is 15.2 Å². The second-order valence-corrected chi connectivity index (χ2v) is 6.35. The van der Waals surface area contributed by atoms with Gasteiger partial charge in [0, 0.05) is 24.2 Å². The number of piperidine rings is 1. The van der Waals surface area contributed by atoms with Crippen LogP contribution >= 0.6 is 0 Å². The number of aliphatic hydroxyl groups is 1. The van der Waals surface area contributed by atoms with Gasteiger partial charge in [0.05, 0.1) is 6.61 Å². The highest BCUT2D eigenvalue weighted by Gasteiger charge is 2.18. The maximum absolute atomic E-state index is 12.1. The summed E-state index contributed by atoms with van der Waals surface area (Å²) >= 11 is 0.